The number of allylic oxidation sites excluding steroid dienone is 6. The second-order valence-electron chi connectivity index (χ2n) is 8.97. The second-order valence-corrected chi connectivity index (χ2v) is 9.99. The summed E-state index contributed by atoms with van der Waals surface area (Å²) in [6, 6.07) is 0. The highest BCUT2D eigenvalue weighted by Crippen LogP contribution is 2.51. The minimum Gasteiger partial charge on any atom is -0.172 e. The third-order valence-corrected chi connectivity index (χ3v) is 7.43. The van der Waals surface area contributed by atoms with E-state index in [1.807, 2.05) is 38.3 Å². The Labute approximate surface area is 174 Å². The van der Waals surface area contributed by atoms with Crippen molar-refractivity contribution in [1.29, 1.82) is 5.26 Å². The Morgan fingerprint density at radius 3 is 2.25 bits per heavy atom. The van der Waals surface area contributed by atoms with Crippen molar-refractivity contribution < 1.29 is 0 Å². The minimum absolute atomic E-state index is 0.136. The van der Waals surface area contributed by atoms with E-state index in [4.69, 9.17) is 0 Å². The number of nitriles is 1. The molecule has 1 aromatic rings. The summed E-state index contributed by atoms with van der Waals surface area (Å²) in [7, 11) is 0. The van der Waals surface area contributed by atoms with Crippen LogP contribution in [0.4, 0.5) is 0 Å². The Balaban J connectivity index is 2.58. The van der Waals surface area contributed by atoms with Gasteiger partial charge in [-0.2, -0.15) is 10.3 Å². The van der Waals surface area contributed by atoms with Crippen molar-refractivity contribution in [3.8, 4) is 6.19 Å². The Hall–Kier alpha value is -2.18. The third-order valence-electron chi connectivity index (χ3n) is 5.76. The highest BCUT2D eigenvalue weighted by Gasteiger charge is 2.41. The SMILES string of the molecule is C=C(/C=C\C(=C/C)C(=C)C)C(=NC#N)c1sc2c(c1C)C(C)(C)CCC2(C)C. The van der Waals surface area contributed by atoms with Gasteiger partial charge in [0.25, 0.3) is 0 Å². The molecule has 0 saturated heterocycles. The van der Waals surface area contributed by atoms with E-state index in [-0.39, 0.29) is 10.8 Å². The van der Waals surface area contributed by atoms with Gasteiger partial charge in [0.2, 0.25) is 6.19 Å². The van der Waals surface area contributed by atoms with Gasteiger partial charge in [-0.05, 0) is 66.7 Å². The van der Waals surface area contributed by atoms with Gasteiger partial charge in [-0.3, -0.25) is 0 Å². The molecule has 1 heterocycles. The van der Waals surface area contributed by atoms with E-state index in [9.17, 15) is 5.26 Å². The van der Waals surface area contributed by atoms with E-state index in [2.05, 4.69) is 52.8 Å². The quantitative estimate of drug-likeness (QED) is 0.294. The van der Waals surface area contributed by atoms with Crippen LogP contribution in [0.1, 0.15) is 75.3 Å². The fraction of sp³-hybridized carbons (Fsp3) is 0.440. The molecule has 2 rings (SSSR count). The van der Waals surface area contributed by atoms with E-state index >= 15 is 0 Å². The summed E-state index contributed by atoms with van der Waals surface area (Å²) in [6.45, 7) is 23.7. The molecule has 0 unspecified atom stereocenters. The lowest BCUT2D eigenvalue weighted by Crippen LogP contribution is -2.32. The fourth-order valence-corrected chi connectivity index (χ4v) is 5.61. The maximum absolute atomic E-state index is 9.33. The number of thiophene rings is 1. The smallest absolute Gasteiger partial charge is 0.172 e. The number of aliphatic imine (C=N–C) groups is 1. The summed E-state index contributed by atoms with van der Waals surface area (Å²) in [5.41, 5.74) is 6.44. The number of fused-ring (bicyclic) bond motifs is 1. The van der Waals surface area contributed by atoms with Gasteiger partial charge in [0.1, 0.15) is 0 Å². The lowest BCUT2D eigenvalue weighted by atomic mass is 9.66. The van der Waals surface area contributed by atoms with Crippen molar-refractivity contribution in [3.63, 3.8) is 0 Å². The van der Waals surface area contributed by atoms with Crippen molar-refractivity contribution in [2.45, 2.75) is 72.1 Å². The molecule has 2 nitrogen and oxygen atoms in total. The van der Waals surface area contributed by atoms with E-state index in [0.717, 1.165) is 21.6 Å². The van der Waals surface area contributed by atoms with Crippen LogP contribution in [-0.4, -0.2) is 5.71 Å². The summed E-state index contributed by atoms with van der Waals surface area (Å²) in [5, 5.41) is 9.33. The van der Waals surface area contributed by atoms with Gasteiger partial charge >= 0.3 is 0 Å². The molecule has 28 heavy (non-hydrogen) atoms. The first kappa shape index (κ1) is 22.1. The second kappa shape index (κ2) is 8.05. The predicted octanol–water partition coefficient (Wildman–Crippen LogP) is 7.31. The average molecular weight is 393 g/mol. The van der Waals surface area contributed by atoms with E-state index in [1.165, 1.54) is 28.8 Å². The first-order valence-electron chi connectivity index (χ1n) is 9.77. The third kappa shape index (κ3) is 4.13. The molecular formula is C25H32N2S. The molecular weight excluding hydrogens is 360 g/mol. The highest BCUT2D eigenvalue weighted by atomic mass is 32.1. The molecule has 0 saturated carbocycles. The minimum atomic E-state index is 0.136. The molecule has 0 radical (unpaired) electrons. The zero-order valence-corrected chi connectivity index (χ0v) is 19.2. The topological polar surface area (TPSA) is 36.1 Å². The van der Waals surface area contributed by atoms with Crippen molar-refractivity contribution >= 4 is 17.0 Å². The molecule has 0 amide bonds. The molecule has 0 aromatic carbocycles. The van der Waals surface area contributed by atoms with Crippen LogP contribution in [0.25, 0.3) is 0 Å². The Bertz CT molecular complexity index is 940. The highest BCUT2D eigenvalue weighted by molar-refractivity contribution is 7.15. The van der Waals surface area contributed by atoms with E-state index in [0.29, 0.717) is 5.71 Å². The summed E-state index contributed by atoms with van der Waals surface area (Å²) in [6.07, 6.45) is 10.3. The zero-order valence-electron chi connectivity index (χ0n) is 18.4. The van der Waals surface area contributed by atoms with Crippen LogP contribution in [0.2, 0.25) is 0 Å². The number of hydrogen-bond donors (Lipinski definition) is 0. The van der Waals surface area contributed by atoms with Gasteiger partial charge in [-0.1, -0.05) is 64.7 Å². The van der Waals surface area contributed by atoms with Crippen molar-refractivity contribution in [1.82, 2.24) is 0 Å². The monoisotopic (exact) mass is 392 g/mol. The molecule has 0 N–H and O–H groups in total. The summed E-state index contributed by atoms with van der Waals surface area (Å²) < 4.78 is 0. The van der Waals surface area contributed by atoms with Gasteiger partial charge in [-0.25, -0.2) is 0 Å². The van der Waals surface area contributed by atoms with Gasteiger partial charge in [0.05, 0.1) is 10.6 Å². The van der Waals surface area contributed by atoms with Crippen LogP contribution in [0.5, 0.6) is 0 Å². The summed E-state index contributed by atoms with van der Waals surface area (Å²) >= 11 is 1.79. The van der Waals surface area contributed by atoms with Gasteiger partial charge in [0.15, 0.2) is 0 Å². The van der Waals surface area contributed by atoms with Crippen LogP contribution < -0.4 is 0 Å². The Morgan fingerprint density at radius 1 is 1.14 bits per heavy atom. The molecule has 0 bridgehead atoms. The van der Waals surface area contributed by atoms with E-state index < -0.39 is 0 Å². The maximum Gasteiger partial charge on any atom is 0.206 e. The molecule has 0 atom stereocenters. The number of nitrogens with zero attached hydrogens (tertiary/aromatic N) is 2. The molecule has 0 spiro atoms. The van der Waals surface area contributed by atoms with Crippen LogP contribution in [0, 0.1) is 18.4 Å². The lowest BCUT2D eigenvalue weighted by Gasteiger charge is -2.39. The van der Waals surface area contributed by atoms with Crippen LogP contribution in [0.15, 0.2) is 53.1 Å². The Morgan fingerprint density at radius 2 is 1.75 bits per heavy atom. The molecule has 1 aromatic heterocycles. The summed E-state index contributed by atoms with van der Waals surface area (Å²) in [5.74, 6) is 0. The van der Waals surface area contributed by atoms with Gasteiger partial charge in [-0.15, -0.1) is 11.3 Å². The molecule has 1 aliphatic carbocycles. The van der Waals surface area contributed by atoms with Gasteiger partial charge in [0, 0.05) is 4.88 Å². The first-order chi connectivity index (χ1) is 13.0. The normalized spacial score (nSPS) is 18.6. The standard InChI is InChI=1S/C25H32N2S/c1-10-19(16(2)3)12-11-17(4)21(27-15-26)22-18(5)20-23(28-22)25(8,9)14-13-24(20,6)7/h10-12H,2,4,13-14H2,1,3,5-9H3/b12-11-,19-10+,27-21?. The fourth-order valence-electron chi connectivity index (χ4n) is 3.97. The lowest BCUT2D eigenvalue weighted by molar-refractivity contribution is 0.337. The molecule has 0 fully saturated rings. The zero-order chi connectivity index (χ0) is 21.3. The van der Waals surface area contributed by atoms with Crippen molar-refractivity contribution in [2.75, 3.05) is 0 Å². The first-order valence-corrected chi connectivity index (χ1v) is 10.6. The molecule has 0 aliphatic heterocycles. The van der Waals surface area contributed by atoms with E-state index in [1.54, 1.807) is 11.3 Å². The molecule has 3 heteroatoms. The van der Waals surface area contributed by atoms with Crippen LogP contribution in [0.3, 0.4) is 0 Å². The largest absolute Gasteiger partial charge is 0.206 e. The maximum atomic E-state index is 9.33. The predicted molar refractivity (Wildman–Crippen MR) is 123 cm³/mol. The average Bonchev–Trinajstić information content (AvgIpc) is 2.96. The number of hydrogen-bond acceptors (Lipinski definition) is 3. The molecule has 148 valence electrons. The molecule has 1 aliphatic rings. The number of rotatable bonds is 5. The Kier molecular flexibility index (Phi) is 6.36. The summed E-state index contributed by atoms with van der Waals surface area (Å²) in [4.78, 5) is 6.68. The van der Waals surface area contributed by atoms with Crippen molar-refractivity contribution in [2.24, 2.45) is 4.99 Å². The van der Waals surface area contributed by atoms with Gasteiger partial charge < -0.3 is 0 Å². The van der Waals surface area contributed by atoms with Crippen LogP contribution in [-0.2, 0) is 10.8 Å². The van der Waals surface area contributed by atoms with Crippen LogP contribution >= 0.6 is 11.3 Å². The van der Waals surface area contributed by atoms with Crippen molar-refractivity contribution in [3.05, 3.63) is 69.0 Å².